The van der Waals surface area contributed by atoms with E-state index in [9.17, 15) is 0 Å². The van der Waals surface area contributed by atoms with E-state index in [-0.39, 0.29) is 5.54 Å². The van der Waals surface area contributed by atoms with Crippen molar-refractivity contribution in [3.63, 3.8) is 0 Å². The molecule has 0 heterocycles. The molecule has 0 aliphatic heterocycles. The number of hydrogen-bond acceptors (Lipinski definition) is 1. The van der Waals surface area contributed by atoms with Crippen molar-refractivity contribution in [1.29, 1.82) is 0 Å². The molecule has 0 atom stereocenters. The molecule has 0 aromatic carbocycles. The van der Waals surface area contributed by atoms with Crippen molar-refractivity contribution < 1.29 is 0 Å². The normalized spacial score (nSPS) is 46.1. The van der Waals surface area contributed by atoms with Crippen molar-refractivity contribution in [3.05, 3.63) is 12.2 Å². The Hall–Kier alpha value is -0.300. The van der Waals surface area contributed by atoms with Crippen LogP contribution in [0.5, 0.6) is 0 Å². The smallest absolute Gasteiger partial charge is 0.0314 e. The first kappa shape index (κ1) is 10.8. The van der Waals surface area contributed by atoms with E-state index in [0.29, 0.717) is 5.41 Å². The van der Waals surface area contributed by atoms with Crippen molar-refractivity contribution in [2.45, 2.75) is 57.9 Å². The maximum absolute atomic E-state index is 6.30. The maximum Gasteiger partial charge on any atom is 0.0314 e. The van der Waals surface area contributed by atoms with Crippen LogP contribution in [0.3, 0.4) is 0 Å². The van der Waals surface area contributed by atoms with Crippen molar-refractivity contribution >= 4 is 0 Å². The Morgan fingerprint density at radius 3 is 1.75 bits per heavy atom. The topological polar surface area (TPSA) is 26.0 Å². The molecule has 0 spiro atoms. The average Bonchev–Trinajstić information content (AvgIpc) is 2.12. The van der Waals surface area contributed by atoms with Gasteiger partial charge in [-0.2, -0.15) is 0 Å². The van der Waals surface area contributed by atoms with Gasteiger partial charge in [-0.25, -0.2) is 0 Å². The van der Waals surface area contributed by atoms with Crippen LogP contribution in [0.25, 0.3) is 0 Å². The molecule has 2 N–H and O–H groups in total. The molecule has 4 aliphatic carbocycles. The lowest BCUT2D eigenvalue weighted by atomic mass is 9.46. The van der Waals surface area contributed by atoms with Crippen LogP contribution in [-0.2, 0) is 0 Å². The van der Waals surface area contributed by atoms with Gasteiger partial charge in [0.25, 0.3) is 0 Å². The Morgan fingerprint density at radius 2 is 1.44 bits per heavy atom. The molecule has 4 rings (SSSR count). The fourth-order valence-corrected chi connectivity index (χ4v) is 5.16. The van der Waals surface area contributed by atoms with Gasteiger partial charge in [-0.3, -0.25) is 0 Å². The monoisotopic (exact) mass is 219 g/mol. The zero-order valence-electron chi connectivity index (χ0n) is 10.8. The van der Waals surface area contributed by atoms with Gasteiger partial charge in [-0.1, -0.05) is 12.2 Å². The predicted octanol–water partition coefficient (Wildman–Crippen LogP) is 3.50. The van der Waals surface area contributed by atoms with Crippen molar-refractivity contribution in [2.24, 2.45) is 28.9 Å². The highest BCUT2D eigenvalue weighted by Gasteiger charge is 2.53. The van der Waals surface area contributed by atoms with Gasteiger partial charge in [0.2, 0.25) is 0 Å². The van der Waals surface area contributed by atoms with Crippen LogP contribution in [0, 0.1) is 23.2 Å². The molecule has 4 fully saturated rings. The molecule has 4 saturated carbocycles. The van der Waals surface area contributed by atoms with Crippen molar-refractivity contribution in [2.75, 3.05) is 0 Å². The van der Waals surface area contributed by atoms with Crippen LogP contribution in [0.4, 0.5) is 0 Å². The molecule has 4 aliphatic rings. The molecule has 0 amide bonds. The standard InChI is InChI=1S/C15H25N/c1-10(14(2,3)16)15-7-11-4-12(8-15)6-13(5-11)9-15/h11-13H,1,4-9,16H2,2-3H3. The van der Waals surface area contributed by atoms with E-state index < -0.39 is 0 Å². The minimum absolute atomic E-state index is 0.189. The Kier molecular flexibility index (Phi) is 2.12. The summed E-state index contributed by atoms with van der Waals surface area (Å²) in [7, 11) is 0. The van der Waals surface area contributed by atoms with Crippen LogP contribution >= 0.6 is 0 Å². The Morgan fingerprint density at radius 1 is 1.06 bits per heavy atom. The maximum atomic E-state index is 6.30. The van der Waals surface area contributed by atoms with Crippen LogP contribution in [0.1, 0.15) is 52.4 Å². The third-order valence-corrected chi connectivity index (χ3v) is 5.46. The molecular weight excluding hydrogens is 194 g/mol. The summed E-state index contributed by atoms with van der Waals surface area (Å²) in [6.45, 7) is 8.66. The summed E-state index contributed by atoms with van der Waals surface area (Å²) in [5.74, 6) is 2.97. The van der Waals surface area contributed by atoms with E-state index >= 15 is 0 Å². The highest BCUT2D eigenvalue weighted by Crippen LogP contribution is 2.63. The molecule has 16 heavy (non-hydrogen) atoms. The lowest BCUT2D eigenvalue weighted by molar-refractivity contribution is -0.0354. The van der Waals surface area contributed by atoms with Gasteiger partial charge in [0.1, 0.15) is 0 Å². The second kappa shape index (κ2) is 3.13. The molecule has 1 nitrogen and oxygen atoms in total. The summed E-state index contributed by atoms with van der Waals surface area (Å²) in [5.41, 5.74) is 7.88. The van der Waals surface area contributed by atoms with Crippen LogP contribution in [0.15, 0.2) is 12.2 Å². The molecule has 0 aromatic heterocycles. The number of nitrogens with two attached hydrogens (primary N) is 1. The highest BCUT2D eigenvalue weighted by molar-refractivity contribution is 5.26. The third-order valence-electron chi connectivity index (χ3n) is 5.46. The fourth-order valence-electron chi connectivity index (χ4n) is 5.16. The lowest BCUT2D eigenvalue weighted by Gasteiger charge is -2.59. The Balaban J connectivity index is 1.91. The number of hydrogen-bond donors (Lipinski definition) is 1. The van der Waals surface area contributed by atoms with Crippen molar-refractivity contribution in [3.8, 4) is 0 Å². The predicted molar refractivity (Wildman–Crippen MR) is 68.0 cm³/mol. The van der Waals surface area contributed by atoms with Gasteiger partial charge in [0.15, 0.2) is 0 Å². The molecule has 0 saturated heterocycles. The number of rotatable bonds is 2. The second-order valence-electron chi connectivity index (χ2n) is 7.40. The van der Waals surface area contributed by atoms with Gasteiger partial charge in [-0.15, -0.1) is 0 Å². The van der Waals surface area contributed by atoms with E-state index in [4.69, 9.17) is 5.73 Å². The van der Waals surface area contributed by atoms with Gasteiger partial charge in [0.05, 0.1) is 0 Å². The average molecular weight is 219 g/mol. The molecule has 0 aromatic rings. The van der Waals surface area contributed by atoms with Gasteiger partial charge < -0.3 is 5.73 Å². The highest BCUT2D eigenvalue weighted by atomic mass is 14.7. The fraction of sp³-hybridized carbons (Fsp3) is 0.867. The van der Waals surface area contributed by atoms with Crippen LogP contribution < -0.4 is 5.73 Å². The first-order chi connectivity index (χ1) is 7.39. The summed E-state index contributed by atoms with van der Waals surface area (Å²) >= 11 is 0. The Bertz CT molecular complexity index is 286. The molecule has 1 heteroatoms. The van der Waals surface area contributed by atoms with E-state index in [1.54, 1.807) is 0 Å². The minimum atomic E-state index is -0.189. The third kappa shape index (κ3) is 1.48. The summed E-state index contributed by atoms with van der Waals surface area (Å²) in [4.78, 5) is 0. The molecule has 4 bridgehead atoms. The van der Waals surface area contributed by atoms with E-state index in [0.717, 1.165) is 17.8 Å². The minimum Gasteiger partial charge on any atom is -0.322 e. The molecular formula is C15H25N. The quantitative estimate of drug-likeness (QED) is 0.707. The van der Waals surface area contributed by atoms with E-state index in [1.807, 2.05) is 0 Å². The summed E-state index contributed by atoms with van der Waals surface area (Å²) in [5, 5.41) is 0. The van der Waals surface area contributed by atoms with Gasteiger partial charge in [-0.05, 0) is 75.5 Å². The van der Waals surface area contributed by atoms with Gasteiger partial charge in [0, 0.05) is 5.54 Å². The van der Waals surface area contributed by atoms with Crippen LogP contribution in [-0.4, -0.2) is 5.54 Å². The Labute approximate surface area is 99.5 Å². The first-order valence-corrected chi connectivity index (χ1v) is 6.88. The zero-order valence-corrected chi connectivity index (χ0v) is 10.8. The summed E-state index contributed by atoms with van der Waals surface area (Å²) in [6.07, 6.45) is 8.65. The second-order valence-corrected chi connectivity index (χ2v) is 7.40. The van der Waals surface area contributed by atoms with Gasteiger partial charge >= 0.3 is 0 Å². The summed E-state index contributed by atoms with van der Waals surface area (Å²) in [6, 6.07) is 0. The first-order valence-electron chi connectivity index (χ1n) is 6.88. The van der Waals surface area contributed by atoms with E-state index in [1.165, 1.54) is 44.1 Å². The SMILES string of the molecule is C=C(C(C)(C)N)C12CC3CC(CC(C3)C1)C2. The van der Waals surface area contributed by atoms with E-state index in [2.05, 4.69) is 20.4 Å². The summed E-state index contributed by atoms with van der Waals surface area (Å²) < 4.78 is 0. The van der Waals surface area contributed by atoms with Crippen molar-refractivity contribution in [1.82, 2.24) is 0 Å². The van der Waals surface area contributed by atoms with Crippen LogP contribution in [0.2, 0.25) is 0 Å². The largest absolute Gasteiger partial charge is 0.322 e. The molecule has 0 radical (unpaired) electrons. The zero-order chi connectivity index (χ0) is 11.6. The molecule has 0 unspecified atom stereocenters. The molecule has 90 valence electrons. The lowest BCUT2D eigenvalue weighted by Crippen LogP contribution is -2.52.